The van der Waals surface area contributed by atoms with Gasteiger partial charge in [-0.25, -0.2) is 0 Å². The molecule has 17 heteroatoms. The average molecular weight is 937 g/mol. The van der Waals surface area contributed by atoms with Crippen molar-refractivity contribution >= 4 is 59.0 Å². The molecule has 2 aliphatic rings. The summed E-state index contributed by atoms with van der Waals surface area (Å²) in [5.41, 5.74) is 3.33. The van der Waals surface area contributed by atoms with Crippen molar-refractivity contribution in [3.05, 3.63) is 144 Å². The van der Waals surface area contributed by atoms with E-state index in [9.17, 15) is 33.9 Å². The summed E-state index contributed by atoms with van der Waals surface area (Å²) in [5.74, 6) is -2.43. The van der Waals surface area contributed by atoms with Gasteiger partial charge < -0.3 is 37.0 Å². The summed E-state index contributed by atoms with van der Waals surface area (Å²) < 4.78 is -1.52. The number of hydrogen-bond acceptors (Lipinski definition) is 11. The second kappa shape index (κ2) is 23.1. The highest BCUT2D eigenvalue weighted by atomic mass is 32.2. The molecule has 1 unspecified atom stereocenters. The van der Waals surface area contributed by atoms with E-state index in [4.69, 9.17) is 0 Å². The van der Waals surface area contributed by atoms with Crippen molar-refractivity contribution in [3.63, 3.8) is 0 Å². The van der Waals surface area contributed by atoms with Gasteiger partial charge in [0, 0.05) is 29.1 Å². The van der Waals surface area contributed by atoms with Gasteiger partial charge in [0.1, 0.15) is 24.2 Å². The van der Waals surface area contributed by atoms with Crippen molar-refractivity contribution in [3.8, 4) is 0 Å². The minimum atomic E-state index is -1.05. The van der Waals surface area contributed by atoms with E-state index in [1.807, 2.05) is 149 Å². The number of hydrogen-bond donors (Lipinski definition) is 9. The molecule has 6 amide bonds. The summed E-state index contributed by atoms with van der Waals surface area (Å²) in [6, 6.07) is 32.5. The van der Waals surface area contributed by atoms with Crippen molar-refractivity contribution in [1.82, 2.24) is 42.5 Å². The highest BCUT2D eigenvalue weighted by Crippen LogP contribution is 2.40. The molecule has 9 N–H and O–H groups in total. The zero-order valence-corrected chi connectivity index (χ0v) is 39.2. The minimum Gasteiger partial charge on any atom is -0.394 e. The first-order valence-corrected chi connectivity index (χ1v) is 23.7. The normalized spacial score (nSPS) is 20.7. The van der Waals surface area contributed by atoms with Crippen molar-refractivity contribution < 1.29 is 33.9 Å². The third-order valence-electron chi connectivity index (χ3n) is 11.4. The number of rotatable bonds is 20. The summed E-state index contributed by atoms with van der Waals surface area (Å²) in [4.78, 5) is 82.1. The van der Waals surface area contributed by atoms with Gasteiger partial charge in [-0.3, -0.25) is 39.4 Å². The van der Waals surface area contributed by atoms with Crippen LogP contribution >= 0.6 is 23.5 Å². The van der Waals surface area contributed by atoms with Crippen LogP contribution in [0.25, 0.3) is 0 Å². The summed E-state index contributed by atoms with van der Waals surface area (Å²) in [7, 11) is 0. The number of thioether (sulfide) groups is 2. The number of benzene rings is 4. The van der Waals surface area contributed by atoms with Crippen molar-refractivity contribution in [2.45, 2.75) is 104 Å². The lowest BCUT2D eigenvalue weighted by Gasteiger charge is -2.28. The molecule has 0 bridgehead atoms. The smallest absolute Gasteiger partial charge is 0.245 e. The van der Waals surface area contributed by atoms with Crippen LogP contribution in [0.3, 0.4) is 0 Å². The van der Waals surface area contributed by atoms with Gasteiger partial charge in [-0.1, -0.05) is 121 Å². The molecular weight excluding hydrogens is 877 g/mol. The zero-order chi connectivity index (χ0) is 47.3. The molecule has 0 spiro atoms. The Hall–Kier alpha value is -5.72. The summed E-state index contributed by atoms with van der Waals surface area (Å²) in [5, 5.41) is 33.0. The molecule has 0 aromatic heterocycles. The van der Waals surface area contributed by atoms with E-state index in [2.05, 4.69) is 42.5 Å². The minimum absolute atomic E-state index is 0.0563. The molecule has 6 rings (SSSR count). The van der Waals surface area contributed by atoms with E-state index in [0.29, 0.717) is 0 Å². The Balaban J connectivity index is 1.08. The Kier molecular flexibility index (Phi) is 17.4. The molecule has 4 aromatic rings. The van der Waals surface area contributed by atoms with Crippen LogP contribution < -0.4 is 42.5 Å². The van der Waals surface area contributed by atoms with Crippen LogP contribution in [0.2, 0.25) is 0 Å². The highest BCUT2D eigenvalue weighted by Gasteiger charge is 2.51. The number of amides is 6. The Labute approximate surface area is 394 Å². The first-order chi connectivity index (χ1) is 31.6. The largest absolute Gasteiger partial charge is 0.394 e. The number of carbonyl (C=O) groups excluding carboxylic acids is 6. The molecule has 0 saturated carbocycles. The van der Waals surface area contributed by atoms with E-state index in [-0.39, 0.29) is 44.3 Å². The van der Waals surface area contributed by atoms with Crippen LogP contribution in [0.5, 0.6) is 0 Å². The fourth-order valence-corrected chi connectivity index (χ4v) is 10.8. The molecular formula is C49H60N8O7S2. The van der Waals surface area contributed by atoms with Crippen LogP contribution in [0.1, 0.15) is 49.9 Å². The van der Waals surface area contributed by atoms with Gasteiger partial charge in [0.25, 0.3) is 0 Å². The van der Waals surface area contributed by atoms with Crippen molar-refractivity contribution in [1.29, 1.82) is 0 Å². The number of nitrogens with one attached hydrogen (secondary N) is 8. The average Bonchev–Trinajstić information content (AvgIpc) is 3.81. The molecule has 66 heavy (non-hydrogen) atoms. The van der Waals surface area contributed by atoms with Crippen LogP contribution in [0.15, 0.2) is 121 Å². The van der Waals surface area contributed by atoms with E-state index in [0.717, 1.165) is 22.3 Å². The second-order valence-electron chi connectivity index (χ2n) is 17.4. The quantitative estimate of drug-likeness (QED) is 0.0627. The number of aliphatic hydroxyl groups is 1. The van der Waals surface area contributed by atoms with Crippen LogP contribution in [-0.4, -0.2) is 104 Å². The lowest BCUT2D eigenvalue weighted by Crippen LogP contribution is -2.60. The Morgan fingerprint density at radius 3 is 1.27 bits per heavy atom. The Bertz CT molecular complexity index is 2270. The van der Waals surface area contributed by atoms with Crippen LogP contribution in [0.4, 0.5) is 0 Å². The van der Waals surface area contributed by atoms with E-state index < -0.39 is 80.7 Å². The van der Waals surface area contributed by atoms with Gasteiger partial charge in [0.05, 0.1) is 36.2 Å². The summed E-state index contributed by atoms with van der Waals surface area (Å²) in [6.45, 7) is 7.31. The fraction of sp³-hybridized carbons (Fsp3) is 0.388. The molecule has 350 valence electrons. The molecule has 15 nitrogen and oxygen atoms in total. The third-order valence-corrected chi connectivity index (χ3v) is 14.4. The standard InChI is InChI=1S/C49H60N8O7S2/c1-48(2)40(56-46(65-48)38(42(61)50-27-33-21-13-7-14-22-33)54-36(59)25-31-17-9-5-10-18-31)44(63)52-29-35(30-58)53-45(64)41-49(3,4)66-47(57-41)39(43(62)51-28-34-23-15-8-16-24-34)55-37(60)26-32-19-11-6-12-20-32/h5-24,35,38-41,46-47,56-58H,25-30H2,1-4H3,(H,50,61)(H,51,62)(H,52,63)(H,53,64)(H,54,59)(H,55,60)/t35?,38-,39-,40+,41+,46-,47-/m1/s1. The SMILES string of the molecule is CC1(C)S[C@H]([C@H](NC(=O)Cc2ccccc2)C(=O)NCc2ccccc2)N[C@H]1C(=O)NCC(CO)NC(=O)[C@@H]1N[C@@H]([C@H](NC(=O)Cc2ccccc2)C(=O)NCc2ccccc2)SC1(C)C. The molecule has 2 saturated heterocycles. The van der Waals surface area contributed by atoms with Crippen molar-refractivity contribution in [2.75, 3.05) is 13.2 Å². The predicted molar refractivity (Wildman–Crippen MR) is 258 cm³/mol. The molecule has 2 aliphatic heterocycles. The van der Waals surface area contributed by atoms with Crippen LogP contribution in [0, 0.1) is 0 Å². The number of aliphatic hydroxyl groups excluding tert-OH is 1. The Morgan fingerprint density at radius 1 is 0.530 bits per heavy atom. The first-order valence-electron chi connectivity index (χ1n) is 22.0. The van der Waals surface area contributed by atoms with Crippen LogP contribution in [-0.2, 0) is 54.7 Å². The Morgan fingerprint density at radius 2 is 0.894 bits per heavy atom. The topological polar surface area (TPSA) is 219 Å². The maximum atomic E-state index is 14.0. The lowest BCUT2D eigenvalue weighted by molar-refractivity contribution is -0.129. The zero-order valence-electron chi connectivity index (χ0n) is 37.5. The van der Waals surface area contributed by atoms with Gasteiger partial charge in [-0.05, 0) is 49.9 Å². The van der Waals surface area contributed by atoms with Gasteiger partial charge in [-0.15, -0.1) is 23.5 Å². The van der Waals surface area contributed by atoms with Gasteiger partial charge in [0.15, 0.2) is 0 Å². The van der Waals surface area contributed by atoms with E-state index in [1.54, 1.807) is 0 Å². The number of carbonyl (C=O) groups is 6. The molecule has 4 aromatic carbocycles. The maximum Gasteiger partial charge on any atom is 0.245 e. The van der Waals surface area contributed by atoms with Gasteiger partial charge in [0.2, 0.25) is 35.4 Å². The van der Waals surface area contributed by atoms with Gasteiger partial charge >= 0.3 is 0 Å². The molecule has 2 heterocycles. The van der Waals surface area contributed by atoms with E-state index >= 15 is 0 Å². The fourth-order valence-electron chi connectivity index (χ4n) is 7.83. The molecule has 2 fully saturated rings. The molecule has 0 aliphatic carbocycles. The first kappa shape index (κ1) is 49.7. The monoisotopic (exact) mass is 936 g/mol. The van der Waals surface area contributed by atoms with E-state index in [1.165, 1.54) is 23.5 Å². The molecule has 7 atom stereocenters. The lowest BCUT2D eigenvalue weighted by atomic mass is 10.0. The summed E-state index contributed by atoms with van der Waals surface area (Å²) >= 11 is 2.70. The predicted octanol–water partition coefficient (Wildman–Crippen LogP) is 2.29. The van der Waals surface area contributed by atoms with Crippen molar-refractivity contribution in [2.24, 2.45) is 0 Å². The molecule has 0 radical (unpaired) electrons. The maximum absolute atomic E-state index is 14.0. The summed E-state index contributed by atoms with van der Waals surface area (Å²) in [6.07, 6.45) is 0.117. The third kappa shape index (κ3) is 13.9. The second-order valence-corrected chi connectivity index (χ2v) is 21.0. The highest BCUT2D eigenvalue weighted by molar-refractivity contribution is 8.01. The van der Waals surface area contributed by atoms with Gasteiger partial charge in [-0.2, -0.15) is 0 Å².